The highest BCUT2D eigenvalue weighted by molar-refractivity contribution is 7.92. The molecule has 1 N–H and O–H groups in total. The molecule has 1 atom stereocenters. The third-order valence-corrected chi connectivity index (χ3v) is 10.6. The van der Waals surface area contributed by atoms with Crippen LogP contribution in [0.4, 0.5) is 18.9 Å². The Morgan fingerprint density at radius 1 is 0.957 bits per heavy atom. The van der Waals surface area contributed by atoms with E-state index in [2.05, 4.69) is 5.32 Å². The van der Waals surface area contributed by atoms with Crippen molar-refractivity contribution in [1.82, 2.24) is 10.2 Å². The molecule has 3 aromatic carbocycles. The van der Waals surface area contributed by atoms with Gasteiger partial charge in [0.05, 0.1) is 26.2 Å². The molecular formula is C33H36Cl2F3N3O4S. The largest absolute Gasteiger partial charge is 0.416 e. The van der Waals surface area contributed by atoms with Crippen molar-refractivity contribution in [1.29, 1.82) is 0 Å². The number of nitrogens with zero attached hydrogens (tertiary/aromatic N) is 2. The second-order valence-electron chi connectivity index (χ2n) is 11.4. The summed E-state index contributed by atoms with van der Waals surface area (Å²) < 4.78 is 69.8. The van der Waals surface area contributed by atoms with Gasteiger partial charge in [-0.1, -0.05) is 79.2 Å². The fraction of sp³-hybridized carbons (Fsp3) is 0.394. The molecule has 0 saturated heterocycles. The molecule has 0 radical (unpaired) electrons. The fourth-order valence-electron chi connectivity index (χ4n) is 5.50. The van der Waals surface area contributed by atoms with Crippen LogP contribution in [0.15, 0.2) is 71.6 Å². The summed E-state index contributed by atoms with van der Waals surface area (Å²) in [5.41, 5.74) is -0.132. The molecule has 0 unspecified atom stereocenters. The van der Waals surface area contributed by atoms with Gasteiger partial charge in [0, 0.05) is 12.6 Å². The maximum atomic E-state index is 14.3. The lowest BCUT2D eigenvalue weighted by atomic mass is 9.95. The number of sulfonamides is 1. The zero-order chi connectivity index (χ0) is 33.6. The average molecular weight is 699 g/mol. The van der Waals surface area contributed by atoms with Gasteiger partial charge in [-0.3, -0.25) is 13.9 Å². The van der Waals surface area contributed by atoms with Gasteiger partial charge in [0.15, 0.2) is 0 Å². The summed E-state index contributed by atoms with van der Waals surface area (Å²) in [4.78, 5) is 29.0. The molecular weight excluding hydrogens is 662 g/mol. The van der Waals surface area contributed by atoms with Gasteiger partial charge in [-0.25, -0.2) is 8.42 Å². The van der Waals surface area contributed by atoms with E-state index < -0.39 is 46.2 Å². The van der Waals surface area contributed by atoms with Crippen LogP contribution < -0.4 is 9.62 Å². The SMILES string of the molecule is CC[C@H](C(=O)NC1CCCCC1)N(Cc1ccc(Cl)c(Cl)c1)C(=O)CN(c1cccc(C(F)(F)F)c1)S(=O)(=O)c1ccc(C)cc1. The quantitative estimate of drug-likeness (QED) is 0.222. The number of alkyl halides is 3. The number of anilines is 1. The molecule has 7 nitrogen and oxygen atoms in total. The molecule has 0 bridgehead atoms. The molecule has 4 rings (SSSR count). The first-order chi connectivity index (χ1) is 21.7. The molecule has 2 amide bonds. The summed E-state index contributed by atoms with van der Waals surface area (Å²) in [5, 5.41) is 3.55. The van der Waals surface area contributed by atoms with Crippen LogP contribution in [0.5, 0.6) is 0 Å². The minimum atomic E-state index is -4.76. The molecule has 1 aliphatic rings. The van der Waals surface area contributed by atoms with Gasteiger partial charge in [-0.05, 0) is 74.2 Å². The van der Waals surface area contributed by atoms with E-state index in [0.29, 0.717) is 15.9 Å². The standard InChI is InChI=1S/C33H36Cl2F3N3O4S/c1-3-30(32(43)39-25-9-5-4-6-10-25)40(20-23-14-17-28(34)29(35)18-23)31(42)21-41(26-11-7-8-24(19-26)33(36,37)38)46(44,45)27-15-12-22(2)13-16-27/h7-8,11-19,25,30H,3-6,9-10,20-21H2,1-2H3,(H,39,43)/t30-/m1/s1. The predicted molar refractivity (Wildman–Crippen MR) is 173 cm³/mol. The molecule has 1 aliphatic carbocycles. The first kappa shape index (κ1) is 35.6. The van der Waals surface area contributed by atoms with Gasteiger partial charge < -0.3 is 10.2 Å². The number of amides is 2. The maximum Gasteiger partial charge on any atom is 0.416 e. The van der Waals surface area contributed by atoms with Crippen LogP contribution in [0, 0.1) is 6.92 Å². The molecule has 0 aliphatic heterocycles. The van der Waals surface area contributed by atoms with E-state index in [0.717, 1.165) is 49.8 Å². The molecule has 13 heteroatoms. The smallest absolute Gasteiger partial charge is 0.352 e. The van der Waals surface area contributed by atoms with E-state index in [1.165, 1.54) is 23.1 Å². The van der Waals surface area contributed by atoms with Gasteiger partial charge in [0.25, 0.3) is 10.0 Å². The van der Waals surface area contributed by atoms with E-state index in [4.69, 9.17) is 23.2 Å². The highest BCUT2D eigenvalue weighted by Crippen LogP contribution is 2.34. The lowest BCUT2D eigenvalue weighted by molar-refractivity contribution is -0.140. The Hall–Kier alpha value is -3.28. The lowest BCUT2D eigenvalue weighted by Gasteiger charge is -2.34. The minimum Gasteiger partial charge on any atom is -0.352 e. The first-order valence-electron chi connectivity index (χ1n) is 15.0. The van der Waals surface area contributed by atoms with Gasteiger partial charge in [0.2, 0.25) is 11.8 Å². The molecule has 1 saturated carbocycles. The number of benzene rings is 3. The van der Waals surface area contributed by atoms with E-state index in [1.807, 2.05) is 0 Å². The Bertz CT molecular complexity index is 1650. The van der Waals surface area contributed by atoms with Crippen LogP contribution in [0.3, 0.4) is 0 Å². The second kappa shape index (κ2) is 15.1. The summed E-state index contributed by atoms with van der Waals surface area (Å²) in [7, 11) is -4.54. The van der Waals surface area contributed by atoms with Crippen molar-refractivity contribution >= 4 is 50.7 Å². The lowest BCUT2D eigenvalue weighted by Crippen LogP contribution is -2.54. The van der Waals surface area contributed by atoms with Crippen LogP contribution in [-0.4, -0.2) is 43.8 Å². The number of hydrogen-bond acceptors (Lipinski definition) is 4. The van der Waals surface area contributed by atoms with Crippen molar-refractivity contribution < 1.29 is 31.2 Å². The summed E-state index contributed by atoms with van der Waals surface area (Å²) in [6.07, 6.45) is 0.0605. The molecule has 46 heavy (non-hydrogen) atoms. The summed E-state index contributed by atoms with van der Waals surface area (Å²) in [6, 6.07) is 13.2. The van der Waals surface area contributed by atoms with Crippen molar-refractivity contribution in [3.8, 4) is 0 Å². The predicted octanol–water partition coefficient (Wildman–Crippen LogP) is 7.77. The first-order valence-corrected chi connectivity index (χ1v) is 17.2. The van der Waals surface area contributed by atoms with Gasteiger partial charge in [0.1, 0.15) is 12.6 Å². The Morgan fingerprint density at radius 3 is 2.24 bits per heavy atom. The van der Waals surface area contributed by atoms with E-state index in [9.17, 15) is 31.2 Å². The van der Waals surface area contributed by atoms with Crippen LogP contribution >= 0.6 is 23.2 Å². The van der Waals surface area contributed by atoms with Crippen LogP contribution in [0.1, 0.15) is 62.1 Å². The van der Waals surface area contributed by atoms with Crippen molar-refractivity contribution in [3.63, 3.8) is 0 Å². The van der Waals surface area contributed by atoms with Crippen molar-refractivity contribution in [3.05, 3.63) is 93.5 Å². The summed E-state index contributed by atoms with van der Waals surface area (Å²) in [5.74, 6) is -1.18. The zero-order valence-corrected chi connectivity index (χ0v) is 27.8. The molecule has 3 aromatic rings. The van der Waals surface area contributed by atoms with E-state index >= 15 is 0 Å². The van der Waals surface area contributed by atoms with Gasteiger partial charge in [-0.15, -0.1) is 0 Å². The van der Waals surface area contributed by atoms with Crippen LogP contribution in [0.2, 0.25) is 10.0 Å². The van der Waals surface area contributed by atoms with Crippen LogP contribution in [-0.2, 0) is 32.3 Å². The Balaban J connectivity index is 1.76. The highest BCUT2D eigenvalue weighted by Gasteiger charge is 2.36. The second-order valence-corrected chi connectivity index (χ2v) is 14.1. The van der Waals surface area contributed by atoms with Crippen molar-refractivity contribution in [2.75, 3.05) is 10.8 Å². The number of hydrogen-bond donors (Lipinski definition) is 1. The van der Waals surface area contributed by atoms with Gasteiger partial charge >= 0.3 is 6.18 Å². The minimum absolute atomic E-state index is 0.0549. The maximum absolute atomic E-state index is 14.3. The van der Waals surface area contributed by atoms with Gasteiger partial charge in [-0.2, -0.15) is 13.2 Å². The Morgan fingerprint density at radius 2 is 1.63 bits per heavy atom. The fourth-order valence-corrected chi connectivity index (χ4v) is 7.23. The molecule has 248 valence electrons. The number of halogens is 5. The number of aryl methyl sites for hydroxylation is 1. The van der Waals surface area contributed by atoms with Crippen molar-refractivity contribution in [2.24, 2.45) is 0 Å². The Kier molecular flexibility index (Phi) is 11.7. The zero-order valence-electron chi connectivity index (χ0n) is 25.5. The number of rotatable bonds is 11. The molecule has 0 aromatic heterocycles. The van der Waals surface area contributed by atoms with E-state index in [-0.39, 0.29) is 39.6 Å². The van der Waals surface area contributed by atoms with Crippen LogP contribution in [0.25, 0.3) is 0 Å². The third-order valence-electron chi connectivity index (χ3n) is 8.02. The normalized spacial score (nSPS) is 14.8. The highest BCUT2D eigenvalue weighted by atomic mass is 35.5. The summed E-state index contributed by atoms with van der Waals surface area (Å²) >= 11 is 12.3. The molecule has 1 fully saturated rings. The number of carbonyl (C=O) groups excluding carboxylic acids is 2. The number of nitrogens with one attached hydrogen (secondary N) is 1. The molecule has 0 spiro atoms. The average Bonchev–Trinajstić information content (AvgIpc) is 3.01. The third kappa shape index (κ3) is 8.74. The van der Waals surface area contributed by atoms with E-state index in [1.54, 1.807) is 44.2 Å². The monoisotopic (exact) mass is 697 g/mol. The number of carbonyl (C=O) groups is 2. The van der Waals surface area contributed by atoms with Crippen molar-refractivity contribution in [2.45, 2.75) is 82.1 Å². The topological polar surface area (TPSA) is 86.8 Å². The summed E-state index contributed by atoms with van der Waals surface area (Å²) in [6.45, 7) is 2.49. The molecule has 0 heterocycles. The Labute approximate surface area is 277 Å².